The molecular weight excluding hydrogens is 340 g/mol. The van der Waals surface area contributed by atoms with Crippen LogP contribution in [0.2, 0.25) is 5.02 Å². The van der Waals surface area contributed by atoms with Crippen LogP contribution in [0, 0.1) is 0 Å². The molecule has 0 saturated carbocycles. The highest BCUT2D eigenvalue weighted by Crippen LogP contribution is 2.20. The number of hydrogen-bond acceptors (Lipinski definition) is 3. The number of likely N-dealkylation sites (tertiary alicyclic amines) is 1. The van der Waals surface area contributed by atoms with Gasteiger partial charge in [-0.3, -0.25) is 4.79 Å². The van der Waals surface area contributed by atoms with Gasteiger partial charge in [-0.15, -0.1) is 0 Å². The number of thioether (sulfide) groups is 1. The van der Waals surface area contributed by atoms with Gasteiger partial charge < -0.3 is 9.80 Å². The molecular formula is C19H27ClN2OS. The molecule has 5 heteroatoms. The molecule has 2 aliphatic heterocycles. The Balaban J connectivity index is 1.64. The van der Waals surface area contributed by atoms with Gasteiger partial charge in [0.15, 0.2) is 0 Å². The average molecular weight is 367 g/mol. The molecule has 1 aromatic carbocycles. The molecule has 1 amide bonds. The second-order valence-corrected chi connectivity index (χ2v) is 8.42. The van der Waals surface area contributed by atoms with Gasteiger partial charge in [-0.25, -0.2) is 0 Å². The number of benzene rings is 1. The van der Waals surface area contributed by atoms with Crippen molar-refractivity contribution in [1.82, 2.24) is 9.80 Å². The van der Waals surface area contributed by atoms with Crippen molar-refractivity contribution in [1.29, 1.82) is 0 Å². The zero-order valence-electron chi connectivity index (χ0n) is 14.3. The second kappa shape index (κ2) is 9.12. The molecule has 0 unspecified atom stereocenters. The summed E-state index contributed by atoms with van der Waals surface area (Å²) in [6, 6.07) is 8.02. The molecule has 2 fully saturated rings. The molecule has 0 N–H and O–H groups in total. The Kier molecular flexibility index (Phi) is 6.87. The van der Waals surface area contributed by atoms with E-state index >= 15 is 0 Å². The van der Waals surface area contributed by atoms with Gasteiger partial charge in [0.1, 0.15) is 0 Å². The van der Waals surface area contributed by atoms with E-state index in [1.807, 2.05) is 36.0 Å². The van der Waals surface area contributed by atoms with Crippen molar-refractivity contribution in [3.05, 3.63) is 34.9 Å². The number of carbonyl (C=O) groups is 1. The number of halogens is 1. The van der Waals surface area contributed by atoms with Crippen molar-refractivity contribution < 1.29 is 4.79 Å². The lowest BCUT2D eigenvalue weighted by molar-refractivity contribution is -0.132. The Morgan fingerprint density at radius 1 is 1.08 bits per heavy atom. The van der Waals surface area contributed by atoms with Crippen LogP contribution in [0.4, 0.5) is 0 Å². The van der Waals surface area contributed by atoms with E-state index < -0.39 is 0 Å². The van der Waals surface area contributed by atoms with Crippen LogP contribution in [0.15, 0.2) is 24.3 Å². The lowest BCUT2D eigenvalue weighted by Crippen LogP contribution is -2.49. The Labute approximate surface area is 154 Å². The fraction of sp³-hybridized carbons (Fsp3) is 0.632. The number of rotatable bonds is 4. The summed E-state index contributed by atoms with van der Waals surface area (Å²) in [7, 11) is 0. The molecule has 0 spiro atoms. The number of nitrogens with zero attached hydrogens (tertiary/aromatic N) is 2. The summed E-state index contributed by atoms with van der Waals surface area (Å²) >= 11 is 7.95. The van der Waals surface area contributed by atoms with E-state index in [0.717, 1.165) is 35.8 Å². The number of carbonyl (C=O) groups excluding carboxylic acids is 1. The monoisotopic (exact) mass is 366 g/mol. The first-order chi connectivity index (χ1) is 11.7. The van der Waals surface area contributed by atoms with Gasteiger partial charge in [-0.1, -0.05) is 30.2 Å². The fourth-order valence-corrected chi connectivity index (χ4v) is 4.81. The molecule has 0 aromatic heterocycles. The van der Waals surface area contributed by atoms with E-state index in [1.54, 1.807) is 0 Å². The minimum absolute atomic E-state index is 0.266. The van der Waals surface area contributed by atoms with E-state index in [-0.39, 0.29) is 5.91 Å². The molecule has 0 aliphatic carbocycles. The summed E-state index contributed by atoms with van der Waals surface area (Å²) in [6.07, 6.45) is 5.55. The molecule has 3 rings (SSSR count). The standard InChI is InChI=1S/C19H27ClN2OS/c20-17-7-5-16(6-8-17)13-19(23)22-11-4-12-24-15-18(22)14-21-9-2-1-3-10-21/h5-8,18H,1-4,9-15H2/t18-/m1/s1. The summed E-state index contributed by atoms with van der Waals surface area (Å²) in [5.74, 6) is 2.51. The third kappa shape index (κ3) is 5.14. The molecule has 132 valence electrons. The summed E-state index contributed by atoms with van der Waals surface area (Å²) in [6.45, 7) is 4.33. The third-order valence-corrected chi connectivity index (χ3v) is 6.40. The van der Waals surface area contributed by atoms with Crippen LogP contribution in [0.3, 0.4) is 0 Å². The highest BCUT2D eigenvalue weighted by molar-refractivity contribution is 7.99. The topological polar surface area (TPSA) is 23.6 Å². The van der Waals surface area contributed by atoms with Crippen molar-refractivity contribution in [2.45, 2.75) is 38.1 Å². The van der Waals surface area contributed by atoms with Crippen molar-refractivity contribution in [2.24, 2.45) is 0 Å². The Morgan fingerprint density at radius 3 is 2.58 bits per heavy atom. The zero-order valence-corrected chi connectivity index (χ0v) is 15.8. The molecule has 0 radical (unpaired) electrons. The van der Waals surface area contributed by atoms with E-state index in [9.17, 15) is 4.79 Å². The van der Waals surface area contributed by atoms with Gasteiger partial charge in [-0.2, -0.15) is 11.8 Å². The van der Waals surface area contributed by atoms with Crippen LogP contribution in [0.1, 0.15) is 31.2 Å². The first-order valence-corrected chi connectivity index (χ1v) is 10.6. The van der Waals surface area contributed by atoms with Gasteiger partial charge in [0.05, 0.1) is 12.5 Å². The van der Waals surface area contributed by atoms with E-state index in [0.29, 0.717) is 12.5 Å². The molecule has 24 heavy (non-hydrogen) atoms. The van der Waals surface area contributed by atoms with Crippen molar-refractivity contribution in [3.63, 3.8) is 0 Å². The largest absolute Gasteiger partial charge is 0.337 e. The minimum atomic E-state index is 0.266. The number of amides is 1. The maximum Gasteiger partial charge on any atom is 0.227 e. The SMILES string of the molecule is O=C(Cc1ccc(Cl)cc1)N1CCCSC[C@H]1CN1CCCCC1. The number of hydrogen-bond donors (Lipinski definition) is 0. The summed E-state index contributed by atoms with van der Waals surface area (Å²) in [4.78, 5) is 17.6. The van der Waals surface area contributed by atoms with Gasteiger partial charge in [0, 0.05) is 23.9 Å². The van der Waals surface area contributed by atoms with Crippen LogP contribution in [0.25, 0.3) is 0 Å². The Bertz CT molecular complexity index is 531. The van der Waals surface area contributed by atoms with Crippen LogP contribution in [0.5, 0.6) is 0 Å². The summed E-state index contributed by atoms with van der Waals surface area (Å²) < 4.78 is 0. The normalized spacial score (nSPS) is 23.0. The third-order valence-electron chi connectivity index (χ3n) is 4.95. The Hall–Kier alpha value is -0.710. The van der Waals surface area contributed by atoms with Crippen LogP contribution >= 0.6 is 23.4 Å². The lowest BCUT2D eigenvalue weighted by atomic mass is 10.1. The van der Waals surface area contributed by atoms with Crippen molar-refractivity contribution in [2.75, 3.05) is 37.7 Å². The maximum atomic E-state index is 12.9. The van der Waals surface area contributed by atoms with E-state index in [1.165, 1.54) is 38.1 Å². The highest BCUT2D eigenvalue weighted by Gasteiger charge is 2.27. The summed E-state index contributed by atoms with van der Waals surface area (Å²) in [5.41, 5.74) is 1.05. The highest BCUT2D eigenvalue weighted by atomic mass is 35.5. The first kappa shape index (κ1) is 18.1. The fourth-order valence-electron chi connectivity index (χ4n) is 3.63. The quantitative estimate of drug-likeness (QED) is 0.811. The number of piperidine rings is 1. The van der Waals surface area contributed by atoms with Gasteiger partial charge in [-0.05, 0) is 55.8 Å². The maximum absolute atomic E-state index is 12.9. The summed E-state index contributed by atoms with van der Waals surface area (Å²) in [5, 5.41) is 0.723. The predicted molar refractivity (Wildman–Crippen MR) is 103 cm³/mol. The van der Waals surface area contributed by atoms with Gasteiger partial charge >= 0.3 is 0 Å². The molecule has 1 aromatic rings. The van der Waals surface area contributed by atoms with Crippen LogP contribution in [-0.2, 0) is 11.2 Å². The molecule has 3 nitrogen and oxygen atoms in total. The van der Waals surface area contributed by atoms with Crippen molar-refractivity contribution >= 4 is 29.3 Å². The van der Waals surface area contributed by atoms with Gasteiger partial charge in [0.25, 0.3) is 0 Å². The zero-order chi connectivity index (χ0) is 16.8. The van der Waals surface area contributed by atoms with Crippen LogP contribution < -0.4 is 0 Å². The van der Waals surface area contributed by atoms with Crippen LogP contribution in [-0.4, -0.2) is 59.4 Å². The first-order valence-electron chi connectivity index (χ1n) is 9.06. The minimum Gasteiger partial charge on any atom is -0.337 e. The Morgan fingerprint density at radius 2 is 1.83 bits per heavy atom. The molecule has 0 bridgehead atoms. The molecule has 2 saturated heterocycles. The predicted octanol–water partition coefficient (Wildman–Crippen LogP) is 3.70. The van der Waals surface area contributed by atoms with Gasteiger partial charge in [0.2, 0.25) is 5.91 Å². The average Bonchev–Trinajstić information content (AvgIpc) is 2.83. The van der Waals surface area contributed by atoms with Crippen molar-refractivity contribution in [3.8, 4) is 0 Å². The van der Waals surface area contributed by atoms with E-state index in [2.05, 4.69) is 9.80 Å². The lowest BCUT2D eigenvalue weighted by Gasteiger charge is -2.36. The van der Waals surface area contributed by atoms with E-state index in [4.69, 9.17) is 11.6 Å². The smallest absolute Gasteiger partial charge is 0.227 e. The molecule has 2 aliphatic rings. The second-order valence-electron chi connectivity index (χ2n) is 6.83. The molecule has 1 atom stereocenters. The molecule has 2 heterocycles.